The van der Waals surface area contributed by atoms with Crippen LogP contribution in [0.1, 0.15) is 5.56 Å². The molecule has 0 aliphatic carbocycles. The summed E-state index contributed by atoms with van der Waals surface area (Å²) >= 11 is 0. The average molecular weight is 291 g/mol. The van der Waals surface area contributed by atoms with Gasteiger partial charge in [-0.25, -0.2) is 0 Å². The summed E-state index contributed by atoms with van der Waals surface area (Å²) in [5.74, 6) is 1.21. The molecule has 3 aromatic rings. The van der Waals surface area contributed by atoms with Gasteiger partial charge in [0.15, 0.2) is 5.82 Å². The molecule has 1 heterocycles. The minimum absolute atomic E-state index is 0.476. The fraction of sp³-hybridized carbons (Fsp3) is 0.118. The summed E-state index contributed by atoms with van der Waals surface area (Å²) in [6, 6.07) is 18.1. The van der Waals surface area contributed by atoms with Crippen molar-refractivity contribution in [1.82, 2.24) is 15.2 Å². The Bertz CT molecular complexity index is 741. The molecule has 1 aromatic heterocycles. The van der Waals surface area contributed by atoms with Crippen molar-refractivity contribution in [2.24, 2.45) is 0 Å². The van der Waals surface area contributed by atoms with Gasteiger partial charge in [-0.2, -0.15) is 10.1 Å². The van der Waals surface area contributed by atoms with E-state index in [1.807, 2.05) is 66.5 Å². The van der Waals surface area contributed by atoms with E-state index >= 15 is 0 Å². The third-order valence-corrected chi connectivity index (χ3v) is 3.34. The number of nitrogens with one attached hydrogen (secondary N) is 1. The summed E-state index contributed by atoms with van der Waals surface area (Å²) < 4.78 is 0. The minimum Gasteiger partial charge on any atom is -0.328 e. The first kappa shape index (κ1) is 14.0. The Hall–Kier alpha value is -2.95. The number of anilines is 4. The van der Waals surface area contributed by atoms with E-state index in [0.717, 1.165) is 17.2 Å². The van der Waals surface area contributed by atoms with Gasteiger partial charge >= 0.3 is 0 Å². The first-order valence-corrected chi connectivity index (χ1v) is 7.04. The quantitative estimate of drug-likeness (QED) is 0.794. The Morgan fingerprint density at radius 3 is 2.41 bits per heavy atom. The molecular weight excluding hydrogens is 274 g/mol. The van der Waals surface area contributed by atoms with Crippen molar-refractivity contribution in [3.63, 3.8) is 0 Å². The highest BCUT2D eigenvalue weighted by atomic mass is 15.3. The van der Waals surface area contributed by atoms with Crippen molar-refractivity contribution in [3.05, 3.63) is 66.4 Å². The van der Waals surface area contributed by atoms with Crippen molar-refractivity contribution in [1.29, 1.82) is 0 Å². The molecule has 0 aliphatic rings. The van der Waals surface area contributed by atoms with E-state index in [1.165, 1.54) is 5.56 Å². The number of benzene rings is 2. The Morgan fingerprint density at radius 2 is 1.68 bits per heavy atom. The molecule has 3 rings (SSSR count). The van der Waals surface area contributed by atoms with Crippen LogP contribution in [0.25, 0.3) is 0 Å². The van der Waals surface area contributed by atoms with Gasteiger partial charge in [0.1, 0.15) is 0 Å². The summed E-state index contributed by atoms with van der Waals surface area (Å²) in [4.78, 5) is 6.48. The Morgan fingerprint density at radius 1 is 0.955 bits per heavy atom. The molecule has 0 saturated heterocycles. The zero-order chi connectivity index (χ0) is 15.4. The molecule has 5 heteroatoms. The van der Waals surface area contributed by atoms with Crippen LogP contribution in [0.5, 0.6) is 0 Å². The predicted molar refractivity (Wildman–Crippen MR) is 88.8 cm³/mol. The van der Waals surface area contributed by atoms with Gasteiger partial charge in [-0.1, -0.05) is 35.9 Å². The van der Waals surface area contributed by atoms with E-state index in [4.69, 9.17) is 0 Å². The zero-order valence-electron chi connectivity index (χ0n) is 12.6. The van der Waals surface area contributed by atoms with E-state index < -0.39 is 0 Å². The molecule has 0 aliphatic heterocycles. The van der Waals surface area contributed by atoms with Crippen LogP contribution >= 0.6 is 0 Å². The lowest BCUT2D eigenvalue weighted by molar-refractivity contribution is 0.957. The smallest absolute Gasteiger partial charge is 0.249 e. The zero-order valence-corrected chi connectivity index (χ0v) is 12.6. The van der Waals surface area contributed by atoms with Crippen molar-refractivity contribution in [3.8, 4) is 0 Å². The third kappa shape index (κ3) is 3.20. The van der Waals surface area contributed by atoms with Crippen LogP contribution in [-0.4, -0.2) is 22.2 Å². The molecule has 110 valence electrons. The van der Waals surface area contributed by atoms with Gasteiger partial charge in [-0.3, -0.25) is 0 Å². The molecule has 2 aromatic carbocycles. The summed E-state index contributed by atoms with van der Waals surface area (Å²) in [5.41, 5.74) is 3.19. The second kappa shape index (κ2) is 6.22. The molecule has 5 nitrogen and oxygen atoms in total. The highest BCUT2D eigenvalue weighted by molar-refractivity contribution is 5.60. The van der Waals surface area contributed by atoms with Crippen LogP contribution in [0.4, 0.5) is 23.1 Å². The number of hydrogen-bond acceptors (Lipinski definition) is 5. The van der Waals surface area contributed by atoms with Gasteiger partial charge in [-0.05, 0) is 31.2 Å². The number of aromatic nitrogens is 3. The molecule has 22 heavy (non-hydrogen) atoms. The van der Waals surface area contributed by atoms with Crippen molar-refractivity contribution in [2.75, 3.05) is 17.3 Å². The maximum atomic E-state index is 4.51. The third-order valence-electron chi connectivity index (χ3n) is 3.34. The fourth-order valence-electron chi connectivity index (χ4n) is 2.06. The molecule has 1 N–H and O–H groups in total. The molecule has 0 amide bonds. The van der Waals surface area contributed by atoms with Crippen molar-refractivity contribution < 1.29 is 0 Å². The van der Waals surface area contributed by atoms with Gasteiger partial charge in [-0.15, -0.1) is 5.10 Å². The van der Waals surface area contributed by atoms with Crippen molar-refractivity contribution in [2.45, 2.75) is 6.92 Å². The van der Waals surface area contributed by atoms with Crippen molar-refractivity contribution >= 4 is 23.1 Å². The lowest BCUT2D eigenvalue weighted by Gasteiger charge is -2.18. The fourth-order valence-corrected chi connectivity index (χ4v) is 2.06. The van der Waals surface area contributed by atoms with E-state index in [2.05, 4.69) is 27.4 Å². The molecule has 0 atom stereocenters. The topological polar surface area (TPSA) is 53.9 Å². The number of nitrogens with zero attached hydrogens (tertiary/aromatic N) is 4. The van der Waals surface area contributed by atoms with E-state index in [-0.39, 0.29) is 0 Å². The highest BCUT2D eigenvalue weighted by Gasteiger charge is 2.07. The number of para-hydroxylation sites is 1. The first-order valence-electron chi connectivity index (χ1n) is 7.04. The summed E-state index contributed by atoms with van der Waals surface area (Å²) in [6.07, 6.45) is 1.65. The summed E-state index contributed by atoms with van der Waals surface area (Å²) in [7, 11) is 1.95. The Labute approximate surface area is 129 Å². The predicted octanol–water partition coefficient (Wildman–Crippen LogP) is 3.69. The normalized spacial score (nSPS) is 10.3. The van der Waals surface area contributed by atoms with Crippen LogP contribution in [-0.2, 0) is 0 Å². The molecule has 0 saturated carbocycles. The van der Waals surface area contributed by atoms with Crippen LogP contribution < -0.4 is 10.2 Å². The van der Waals surface area contributed by atoms with Gasteiger partial charge in [0.05, 0.1) is 6.20 Å². The summed E-state index contributed by atoms with van der Waals surface area (Å²) in [5, 5.41) is 11.2. The number of aryl methyl sites for hydroxylation is 1. The standard InChI is InChI=1S/C17H17N5/c1-13-8-10-14(11-9-13)19-17-20-16(12-18-21-17)22(2)15-6-4-3-5-7-15/h3-12H,1-2H3,(H,19,20,21). The molecule has 0 bridgehead atoms. The van der Waals surface area contributed by atoms with Crippen LogP contribution in [0.2, 0.25) is 0 Å². The Kier molecular flexibility index (Phi) is 3.96. The van der Waals surface area contributed by atoms with E-state index in [9.17, 15) is 0 Å². The van der Waals surface area contributed by atoms with Crippen LogP contribution in [0.15, 0.2) is 60.8 Å². The SMILES string of the molecule is Cc1ccc(Nc2nncc(N(C)c3ccccc3)n2)cc1. The second-order valence-corrected chi connectivity index (χ2v) is 5.02. The minimum atomic E-state index is 0.476. The molecule has 0 unspecified atom stereocenters. The molecule has 0 fully saturated rings. The Balaban J connectivity index is 1.82. The van der Waals surface area contributed by atoms with E-state index in [0.29, 0.717) is 5.95 Å². The maximum absolute atomic E-state index is 4.51. The highest BCUT2D eigenvalue weighted by Crippen LogP contribution is 2.21. The molecule has 0 spiro atoms. The van der Waals surface area contributed by atoms with Crippen LogP contribution in [0.3, 0.4) is 0 Å². The first-order chi connectivity index (χ1) is 10.7. The maximum Gasteiger partial charge on any atom is 0.249 e. The van der Waals surface area contributed by atoms with Gasteiger partial charge in [0, 0.05) is 18.4 Å². The summed E-state index contributed by atoms with van der Waals surface area (Å²) in [6.45, 7) is 2.05. The largest absolute Gasteiger partial charge is 0.328 e. The lowest BCUT2D eigenvalue weighted by atomic mass is 10.2. The lowest BCUT2D eigenvalue weighted by Crippen LogP contribution is -2.13. The monoisotopic (exact) mass is 291 g/mol. The number of rotatable bonds is 4. The molecular formula is C17H17N5. The molecule has 0 radical (unpaired) electrons. The second-order valence-electron chi connectivity index (χ2n) is 5.02. The number of hydrogen-bond donors (Lipinski definition) is 1. The van der Waals surface area contributed by atoms with E-state index in [1.54, 1.807) is 6.20 Å². The average Bonchev–Trinajstić information content (AvgIpc) is 2.57. The van der Waals surface area contributed by atoms with Gasteiger partial charge < -0.3 is 10.2 Å². The van der Waals surface area contributed by atoms with Gasteiger partial charge in [0.25, 0.3) is 0 Å². The van der Waals surface area contributed by atoms with Crippen LogP contribution in [0, 0.1) is 6.92 Å². The van der Waals surface area contributed by atoms with Gasteiger partial charge in [0.2, 0.25) is 5.95 Å².